The van der Waals surface area contributed by atoms with E-state index < -0.39 is 26.8 Å². The number of unbranched alkanes of at least 4 members (excludes halogenated alkanes) is 16. The number of carboxylic acid groups (broad SMARTS) is 2. The van der Waals surface area contributed by atoms with Crippen LogP contribution in [0.4, 0.5) is 0 Å². The Kier molecular flexibility index (Phi) is 47.4. The first-order valence-electron chi connectivity index (χ1n) is 17.5. The Morgan fingerprint density at radius 2 is 0.682 bits per heavy atom. The van der Waals surface area contributed by atoms with Gasteiger partial charge in [-0.15, -0.1) is 0 Å². The van der Waals surface area contributed by atoms with Crippen molar-refractivity contribution in [3.63, 3.8) is 0 Å². The molecule has 0 aromatic rings. The van der Waals surface area contributed by atoms with E-state index in [0.717, 1.165) is 51.4 Å². The van der Waals surface area contributed by atoms with E-state index in [1.54, 1.807) is 0 Å². The molecule has 0 saturated heterocycles. The third kappa shape index (κ3) is 47.8. The van der Waals surface area contributed by atoms with Crippen molar-refractivity contribution in [1.29, 1.82) is 0 Å². The predicted molar refractivity (Wildman–Crippen MR) is 177 cm³/mol. The molecule has 0 aliphatic carbocycles. The number of carbonyl (C=O) groups excluding carboxylic acids is 2. The van der Waals surface area contributed by atoms with Gasteiger partial charge in [0.05, 0.1) is 0 Å². The molecule has 0 fully saturated rings. The van der Waals surface area contributed by atoms with Gasteiger partial charge in [-0.2, -0.15) is 0 Å². The minimum Gasteiger partial charge on any atom is -0.585 e. The van der Waals surface area contributed by atoms with Gasteiger partial charge in [0, 0.05) is 42.2 Å². The van der Waals surface area contributed by atoms with Crippen LogP contribution in [-0.4, -0.2) is 48.9 Å². The van der Waals surface area contributed by atoms with Gasteiger partial charge in [0.2, 0.25) is 0 Å². The topological polar surface area (TPSA) is 127 Å². The molecule has 0 aromatic carbocycles. The molecule has 8 nitrogen and oxygen atoms in total. The van der Waals surface area contributed by atoms with E-state index in [9.17, 15) is 19.2 Å². The van der Waals surface area contributed by atoms with Gasteiger partial charge >= 0.3 is 26.8 Å². The first kappa shape index (κ1) is 49.8. The smallest absolute Gasteiger partial charge is 0.585 e. The summed E-state index contributed by atoms with van der Waals surface area (Å²) in [6.07, 6.45) is 23.7. The first-order valence-corrected chi connectivity index (χ1v) is 19.3. The number of hydrogen-bond acceptors (Lipinski definition) is 6. The van der Waals surface area contributed by atoms with Crippen LogP contribution >= 0.6 is 0 Å². The number of carboxylic acids is 2. The summed E-state index contributed by atoms with van der Waals surface area (Å²) < 4.78 is 10.8. The zero-order valence-corrected chi connectivity index (χ0v) is 31.1. The molecule has 0 aliphatic rings. The van der Waals surface area contributed by atoms with Crippen molar-refractivity contribution in [3.05, 3.63) is 0 Å². The minimum atomic E-state index is -2.16. The van der Waals surface area contributed by atoms with Crippen LogP contribution in [0.25, 0.3) is 0 Å². The average molecular weight is 690 g/mol. The molecular weight excluding hydrogens is 622 g/mol. The standard InChI is InChI=1S/4C8H16O2.C2H5.Al.Ni/c4*1-2-3-4-5-6-7-8(9)10;1-2;;/h4*2-7H2,1H3,(H,9,10);1H2,2H3;;/q;;;;;+2;/p-2. The van der Waals surface area contributed by atoms with Crippen LogP contribution < -0.4 is 0 Å². The van der Waals surface area contributed by atoms with Crippen LogP contribution in [0.2, 0.25) is 5.28 Å². The molecular formula is C34H67AlNiO8. The van der Waals surface area contributed by atoms with E-state index in [4.69, 9.17) is 17.8 Å². The molecule has 0 bridgehead atoms. The van der Waals surface area contributed by atoms with Gasteiger partial charge in [0.1, 0.15) is 0 Å². The fourth-order valence-corrected chi connectivity index (χ4v) is 5.31. The molecule has 0 aliphatic heterocycles. The van der Waals surface area contributed by atoms with Crippen LogP contribution in [0.15, 0.2) is 0 Å². The largest absolute Gasteiger partial charge is 0.860 e. The maximum absolute atomic E-state index is 11.8. The Morgan fingerprint density at radius 1 is 0.432 bits per heavy atom. The van der Waals surface area contributed by atoms with Gasteiger partial charge in [-0.1, -0.05) is 137 Å². The van der Waals surface area contributed by atoms with Crippen molar-refractivity contribution in [1.82, 2.24) is 0 Å². The molecule has 264 valence electrons. The molecule has 0 atom stereocenters. The number of carbonyl (C=O) groups is 4. The van der Waals surface area contributed by atoms with Crippen molar-refractivity contribution >= 4 is 38.7 Å². The Labute approximate surface area is 285 Å². The van der Waals surface area contributed by atoms with Gasteiger partial charge < -0.3 is 17.8 Å². The summed E-state index contributed by atoms with van der Waals surface area (Å²) in [5, 5.41) is 17.2. The van der Waals surface area contributed by atoms with Crippen LogP contribution in [0.5, 0.6) is 0 Å². The van der Waals surface area contributed by atoms with Crippen molar-refractivity contribution in [3.8, 4) is 0 Å². The maximum Gasteiger partial charge on any atom is 0.860 e. The van der Waals surface area contributed by atoms with E-state index in [-0.39, 0.29) is 28.4 Å². The molecule has 10 heteroatoms. The second-order valence-corrected chi connectivity index (χ2v) is 13.4. The molecule has 0 amide bonds. The minimum absolute atomic E-state index is 0. The van der Waals surface area contributed by atoms with Crippen molar-refractivity contribution in [2.24, 2.45) is 0 Å². The number of hydrogen-bond donors (Lipinski definition) is 2. The average Bonchev–Trinajstić information content (AvgIpc) is 2.97. The molecule has 0 unspecified atom stereocenters. The van der Waals surface area contributed by atoms with E-state index in [1.807, 2.05) is 6.92 Å². The monoisotopic (exact) mass is 688 g/mol. The SMILES string of the molecule is CCCCCCCC(=O)O.CCCCCCCC(=O)O.CCCCCCCC(=O)[O][Al]([CH2]C)[O]C(=O)CCCCCCC.[Ni]. The Balaban J connectivity index is -0.000000315. The Hall–Kier alpha value is -1.09. The Morgan fingerprint density at radius 3 is 0.909 bits per heavy atom. The number of rotatable bonds is 27. The van der Waals surface area contributed by atoms with Gasteiger partial charge in [0.25, 0.3) is 11.9 Å². The summed E-state index contributed by atoms with van der Waals surface area (Å²) in [5.74, 6) is -1.74. The summed E-state index contributed by atoms with van der Waals surface area (Å²) in [5.41, 5.74) is 0. The van der Waals surface area contributed by atoms with Crippen LogP contribution in [-0.2, 0) is 43.2 Å². The second kappa shape index (κ2) is 41.9. The molecule has 0 rings (SSSR count). The maximum atomic E-state index is 11.8. The third-order valence-electron chi connectivity index (χ3n) is 6.82. The zero-order valence-electron chi connectivity index (χ0n) is 28.9. The Bertz CT molecular complexity index is 597. The summed E-state index contributed by atoms with van der Waals surface area (Å²) >= 11 is -2.16. The summed E-state index contributed by atoms with van der Waals surface area (Å²) in [7, 11) is 0. The summed E-state index contributed by atoms with van der Waals surface area (Å²) in [6.45, 7) is 10.6. The van der Waals surface area contributed by atoms with E-state index in [1.165, 1.54) is 77.0 Å². The first-order chi connectivity index (χ1) is 20.7. The third-order valence-corrected chi connectivity index (χ3v) is 8.53. The zero-order chi connectivity index (χ0) is 33.0. The van der Waals surface area contributed by atoms with E-state index in [0.29, 0.717) is 31.0 Å². The molecule has 44 heavy (non-hydrogen) atoms. The van der Waals surface area contributed by atoms with Gasteiger partial charge in [-0.25, -0.2) is 0 Å². The van der Waals surface area contributed by atoms with Crippen molar-refractivity contribution < 1.29 is 53.5 Å². The number of aliphatic carboxylic acids is 2. The quantitative estimate of drug-likeness (QED) is 0.0645. The van der Waals surface area contributed by atoms with Crippen molar-refractivity contribution in [2.45, 2.75) is 194 Å². The van der Waals surface area contributed by atoms with Gasteiger partial charge in [0.15, 0.2) is 0 Å². The van der Waals surface area contributed by atoms with Gasteiger partial charge in [-0.05, 0) is 31.0 Å². The van der Waals surface area contributed by atoms with Crippen LogP contribution in [0.3, 0.4) is 0 Å². The molecule has 0 radical (unpaired) electrons. The van der Waals surface area contributed by atoms with Gasteiger partial charge in [-0.3, -0.25) is 19.2 Å². The fraction of sp³-hybridized carbons (Fsp3) is 0.882. The molecule has 0 saturated carbocycles. The molecule has 2 N–H and O–H groups in total. The van der Waals surface area contributed by atoms with E-state index in [2.05, 4.69) is 27.7 Å². The van der Waals surface area contributed by atoms with Crippen LogP contribution in [0.1, 0.15) is 189 Å². The molecule has 0 spiro atoms. The second-order valence-electron chi connectivity index (χ2n) is 11.3. The molecule has 0 aromatic heterocycles. The molecule has 0 heterocycles. The van der Waals surface area contributed by atoms with E-state index >= 15 is 0 Å². The normalized spacial score (nSPS) is 9.84. The fourth-order valence-electron chi connectivity index (χ4n) is 4.11. The van der Waals surface area contributed by atoms with Crippen molar-refractivity contribution in [2.75, 3.05) is 0 Å². The summed E-state index contributed by atoms with van der Waals surface area (Å²) in [6, 6.07) is 0. The predicted octanol–water partition coefficient (Wildman–Crippen LogP) is 10.2. The summed E-state index contributed by atoms with van der Waals surface area (Å²) in [4.78, 5) is 43.6. The van der Waals surface area contributed by atoms with Crippen LogP contribution in [0, 0.1) is 0 Å².